The second kappa shape index (κ2) is 8.14. The number of thiophene rings is 1. The predicted octanol–water partition coefficient (Wildman–Crippen LogP) is 5.46. The minimum absolute atomic E-state index is 0.581. The standard InChI is InChI=1S/C19H22IN5OS3/c1-11-23-10-14(25(11)2)12-9-13(17-22-6-7-27-17)24-18-15(12)16(21)19(28-18)29(3,26)8-4-5-20/h6-7,9-10,26H,4-5,8,21H2,1-3H3/p-1. The number of hydrogen-bond acceptors (Lipinski definition) is 7. The molecule has 0 saturated carbocycles. The van der Waals surface area contributed by atoms with E-state index in [0.29, 0.717) is 11.4 Å². The number of halogens is 1. The molecule has 1 unspecified atom stereocenters. The summed E-state index contributed by atoms with van der Waals surface area (Å²) in [6.07, 6.45) is 6.34. The third-order valence-corrected chi connectivity index (χ3v) is 10.7. The first kappa shape index (κ1) is 21.0. The lowest BCUT2D eigenvalue weighted by Gasteiger charge is -2.42. The van der Waals surface area contributed by atoms with Gasteiger partial charge in [-0.2, -0.15) is 0 Å². The van der Waals surface area contributed by atoms with E-state index in [0.717, 1.165) is 53.1 Å². The van der Waals surface area contributed by atoms with Crippen LogP contribution >= 0.6 is 55.6 Å². The van der Waals surface area contributed by atoms with E-state index in [-0.39, 0.29) is 0 Å². The molecule has 154 valence electrons. The Morgan fingerprint density at radius 2 is 2.14 bits per heavy atom. The molecule has 4 heterocycles. The number of alkyl halides is 1. The highest BCUT2D eigenvalue weighted by Gasteiger charge is 2.23. The van der Waals surface area contributed by atoms with Crippen LogP contribution in [0.5, 0.6) is 0 Å². The lowest BCUT2D eigenvalue weighted by molar-refractivity contribution is 0.589. The van der Waals surface area contributed by atoms with Gasteiger partial charge in [0.1, 0.15) is 21.4 Å². The molecule has 4 rings (SSSR count). The second-order valence-electron chi connectivity index (χ2n) is 6.88. The highest BCUT2D eigenvalue weighted by molar-refractivity contribution is 14.1. The van der Waals surface area contributed by atoms with Crippen LogP contribution in [0.4, 0.5) is 5.69 Å². The Hall–Kier alpha value is -1.21. The molecule has 0 aromatic carbocycles. The van der Waals surface area contributed by atoms with E-state index in [1.54, 1.807) is 17.5 Å². The summed E-state index contributed by atoms with van der Waals surface area (Å²) < 4.78 is 17.2. The Labute approximate surface area is 192 Å². The van der Waals surface area contributed by atoms with Crippen molar-refractivity contribution < 1.29 is 4.55 Å². The molecule has 6 nitrogen and oxygen atoms in total. The first-order valence-electron chi connectivity index (χ1n) is 8.98. The number of nitrogens with two attached hydrogens (primary N) is 1. The van der Waals surface area contributed by atoms with Crippen molar-refractivity contribution in [1.82, 2.24) is 19.5 Å². The van der Waals surface area contributed by atoms with E-state index >= 15 is 0 Å². The van der Waals surface area contributed by atoms with E-state index in [1.165, 1.54) is 11.3 Å². The van der Waals surface area contributed by atoms with Gasteiger partial charge in [-0.1, -0.05) is 22.6 Å². The number of nitrogens with zero attached hydrogens (tertiary/aromatic N) is 4. The molecule has 0 bridgehead atoms. The Morgan fingerprint density at radius 1 is 1.34 bits per heavy atom. The first-order chi connectivity index (χ1) is 13.8. The maximum Gasteiger partial charge on any atom is 0.141 e. The summed E-state index contributed by atoms with van der Waals surface area (Å²) in [5.74, 6) is 1.54. The zero-order valence-corrected chi connectivity index (χ0v) is 20.9. The summed E-state index contributed by atoms with van der Waals surface area (Å²) in [6, 6.07) is 2.02. The number of aryl methyl sites for hydroxylation is 1. The van der Waals surface area contributed by atoms with Crippen LogP contribution in [0.1, 0.15) is 12.2 Å². The van der Waals surface area contributed by atoms with Crippen LogP contribution in [-0.2, 0) is 7.05 Å². The molecule has 2 N–H and O–H groups in total. The van der Waals surface area contributed by atoms with Gasteiger partial charge in [0.05, 0.1) is 21.8 Å². The molecule has 0 radical (unpaired) electrons. The Morgan fingerprint density at radius 3 is 2.76 bits per heavy atom. The minimum atomic E-state index is -2.22. The molecule has 4 aromatic rings. The summed E-state index contributed by atoms with van der Waals surface area (Å²) in [5, 5.41) is 3.65. The van der Waals surface area contributed by atoms with Crippen molar-refractivity contribution in [2.75, 3.05) is 22.2 Å². The Balaban J connectivity index is 2.00. The van der Waals surface area contributed by atoms with Crippen LogP contribution < -0.4 is 5.73 Å². The first-order valence-corrected chi connectivity index (χ1v) is 14.3. The molecule has 0 saturated heterocycles. The zero-order chi connectivity index (χ0) is 20.8. The van der Waals surface area contributed by atoms with Gasteiger partial charge in [-0.15, -0.1) is 22.7 Å². The van der Waals surface area contributed by atoms with Crippen LogP contribution in [0, 0.1) is 6.92 Å². The fraction of sp³-hybridized carbons (Fsp3) is 0.316. The van der Waals surface area contributed by atoms with Crippen LogP contribution in [0.25, 0.3) is 32.2 Å². The summed E-state index contributed by atoms with van der Waals surface area (Å²) in [4.78, 5) is 14.5. The van der Waals surface area contributed by atoms with E-state index in [1.807, 2.05) is 42.4 Å². The molecule has 0 spiro atoms. The van der Waals surface area contributed by atoms with Crippen LogP contribution in [0.3, 0.4) is 0 Å². The molecule has 0 fully saturated rings. The van der Waals surface area contributed by atoms with Gasteiger partial charge >= 0.3 is 0 Å². The van der Waals surface area contributed by atoms with Gasteiger partial charge in [-0.3, -0.25) is 10.3 Å². The molecule has 4 aromatic heterocycles. The van der Waals surface area contributed by atoms with Crippen LogP contribution in [-0.4, -0.2) is 40.5 Å². The minimum Gasteiger partial charge on any atom is -0.808 e. The van der Waals surface area contributed by atoms with Gasteiger partial charge in [0, 0.05) is 34.0 Å². The maximum absolute atomic E-state index is 13.4. The van der Waals surface area contributed by atoms with Crippen molar-refractivity contribution in [1.29, 1.82) is 0 Å². The number of pyridine rings is 1. The topological polar surface area (TPSA) is 92.7 Å². The van der Waals surface area contributed by atoms with Crippen molar-refractivity contribution in [3.8, 4) is 22.0 Å². The number of thiazole rings is 1. The zero-order valence-electron chi connectivity index (χ0n) is 16.3. The largest absolute Gasteiger partial charge is 0.808 e. The average molecular weight is 559 g/mol. The quantitative estimate of drug-likeness (QED) is 0.251. The lowest BCUT2D eigenvalue weighted by Crippen LogP contribution is -2.04. The van der Waals surface area contributed by atoms with Gasteiger partial charge in [0.15, 0.2) is 0 Å². The molecular formula is C19H21IN5OS3-. The van der Waals surface area contributed by atoms with Gasteiger partial charge < -0.3 is 14.9 Å². The molecule has 1 atom stereocenters. The Bertz CT molecular complexity index is 1170. The number of anilines is 1. The highest BCUT2D eigenvalue weighted by Crippen LogP contribution is 2.58. The molecule has 29 heavy (non-hydrogen) atoms. The molecule has 0 aliphatic heterocycles. The number of aromatic nitrogens is 4. The van der Waals surface area contributed by atoms with Crippen molar-refractivity contribution in [2.24, 2.45) is 7.05 Å². The van der Waals surface area contributed by atoms with Gasteiger partial charge in [-0.05, 0) is 31.4 Å². The fourth-order valence-corrected chi connectivity index (χ4v) is 8.25. The molecular weight excluding hydrogens is 537 g/mol. The number of fused-ring (bicyclic) bond motifs is 1. The third-order valence-electron chi connectivity index (χ3n) is 4.87. The van der Waals surface area contributed by atoms with Crippen molar-refractivity contribution >= 4 is 71.5 Å². The Kier molecular flexibility index (Phi) is 5.90. The smallest absolute Gasteiger partial charge is 0.141 e. The van der Waals surface area contributed by atoms with Crippen LogP contribution in [0.2, 0.25) is 0 Å². The number of imidazole rings is 1. The average Bonchev–Trinajstić information content (AvgIpc) is 3.41. The second-order valence-corrected chi connectivity index (χ2v) is 12.9. The molecule has 0 aliphatic carbocycles. The molecule has 0 amide bonds. The van der Waals surface area contributed by atoms with Crippen LogP contribution in [0.15, 0.2) is 28.0 Å². The van der Waals surface area contributed by atoms with Gasteiger partial charge in [-0.25, -0.2) is 15.0 Å². The fourth-order valence-electron chi connectivity index (χ4n) is 3.26. The normalized spacial score (nSPS) is 14.9. The summed E-state index contributed by atoms with van der Waals surface area (Å²) in [6.45, 7) is 1.97. The van der Waals surface area contributed by atoms with Gasteiger partial charge in [0.25, 0.3) is 0 Å². The number of hydrogen-bond donors (Lipinski definition) is 1. The summed E-state index contributed by atoms with van der Waals surface area (Å²) in [7, 11) is -0.236. The van der Waals surface area contributed by atoms with Crippen molar-refractivity contribution in [3.05, 3.63) is 29.7 Å². The number of nitrogen functional groups attached to an aromatic ring is 1. The number of rotatable bonds is 6. The highest BCUT2D eigenvalue weighted by atomic mass is 127. The van der Waals surface area contributed by atoms with E-state index in [4.69, 9.17) is 10.7 Å². The summed E-state index contributed by atoms with van der Waals surface area (Å²) >= 11 is 5.31. The van der Waals surface area contributed by atoms with E-state index < -0.39 is 10.3 Å². The van der Waals surface area contributed by atoms with Crippen molar-refractivity contribution in [2.45, 2.75) is 17.6 Å². The third kappa shape index (κ3) is 3.80. The predicted molar refractivity (Wildman–Crippen MR) is 133 cm³/mol. The van der Waals surface area contributed by atoms with Gasteiger partial charge in [0.2, 0.25) is 0 Å². The SMILES string of the molecule is Cc1ncc(-c2cc(-c3nccs3)nc3sc(S(C)([O-])CCCI)c(N)c23)n1C. The monoisotopic (exact) mass is 558 g/mol. The molecule has 0 aliphatic rings. The van der Waals surface area contributed by atoms with E-state index in [9.17, 15) is 4.55 Å². The summed E-state index contributed by atoms with van der Waals surface area (Å²) in [5.41, 5.74) is 9.89. The lowest BCUT2D eigenvalue weighted by atomic mass is 10.1. The molecule has 10 heteroatoms. The van der Waals surface area contributed by atoms with E-state index in [2.05, 4.69) is 32.6 Å². The maximum atomic E-state index is 13.4. The van der Waals surface area contributed by atoms with Crippen molar-refractivity contribution in [3.63, 3.8) is 0 Å².